The summed E-state index contributed by atoms with van der Waals surface area (Å²) < 4.78 is 5.68. The number of nitrogens with zero attached hydrogens (tertiary/aromatic N) is 1. The Morgan fingerprint density at radius 3 is 2.31 bits per heavy atom. The first-order valence-corrected chi connectivity index (χ1v) is 10.9. The van der Waals surface area contributed by atoms with Crippen molar-refractivity contribution in [2.75, 3.05) is 20.1 Å². The second-order valence-corrected chi connectivity index (χ2v) is 7.68. The summed E-state index contributed by atoms with van der Waals surface area (Å²) >= 11 is 0. The normalized spacial score (nSPS) is 11.9. The van der Waals surface area contributed by atoms with Gasteiger partial charge in [0.05, 0.1) is 17.6 Å². The number of terminal acetylenes is 1. The molecule has 0 radical (unpaired) electrons. The highest BCUT2D eigenvalue weighted by Gasteiger charge is 2.07. The largest absolute Gasteiger partial charge is 0.494 e. The third kappa shape index (κ3) is 9.26. The minimum Gasteiger partial charge on any atom is -0.494 e. The topological polar surface area (TPSA) is 48.5 Å². The molecule has 2 N–H and O–H groups in total. The van der Waals surface area contributed by atoms with Crippen LogP contribution in [-0.2, 0) is 17.8 Å². The molecule has 3 rings (SSSR count). The van der Waals surface area contributed by atoms with Crippen LogP contribution in [0.5, 0.6) is 0 Å². The highest BCUT2D eigenvalue weighted by Crippen LogP contribution is 2.13. The maximum absolute atomic E-state index is 9.76. The Labute approximate surface area is 192 Å². The lowest BCUT2D eigenvalue weighted by Gasteiger charge is -2.18. The van der Waals surface area contributed by atoms with Crippen molar-refractivity contribution in [2.45, 2.75) is 33.0 Å². The van der Waals surface area contributed by atoms with Crippen LogP contribution in [0, 0.1) is 12.3 Å². The predicted molar refractivity (Wildman–Crippen MR) is 133 cm³/mol. The van der Waals surface area contributed by atoms with E-state index in [0.717, 1.165) is 42.1 Å². The Balaban J connectivity index is 0.000000235. The number of aliphatic hydroxyl groups is 1. The molecule has 0 spiro atoms. The van der Waals surface area contributed by atoms with Gasteiger partial charge in [-0.3, -0.25) is 0 Å². The molecule has 1 atom stereocenters. The van der Waals surface area contributed by atoms with Gasteiger partial charge >= 0.3 is 0 Å². The Morgan fingerprint density at radius 2 is 1.72 bits per heavy atom. The third-order valence-corrected chi connectivity index (χ3v) is 4.97. The Morgan fingerprint density at radius 1 is 1.09 bits per heavy atom. The molecule has 0 saturated carbocycles. The summed E-state index contributed by atoms with van der Waals surface area (Å²) in [6.45, 7) is 6.31. The Bertz CT molecular complexity index is 971. The number of ether oxygens (including phenoxy) is 1. The number of hydrogen-bond acceptors (Lipinski definition) is 3. The van der Waals surface area contributed by atoms with Gasteiger partial charge in [-0.1, -0.05) is 73.5 Å². The smallest absolute Gasteiger partial charge is 0.113 e. The number of aliphatic hydroxyl groups excluding tert-OH is 1. The van der Waals surface area contributed by atoms with E-state index in [1.807, 2.05) is 80.8 Å². The number of benzene rings is 2. The fourth-order valence-corrected chi connectivity index (χ4v) is 3.10. The second kappa shape index (κ2) is 13.9. The quantitative estimate of drug-likeness (QED) is 0.366. The summed E-state index contributed by atoms with van der Waals surface area (Å²) in [6, 6.07) is 22.1. The van der Waals surface area contributed by atoms with Gasteiger partial charge in [0.1, 0.15) is 6.61 Å². The standard InChI is InChI=1S/C16H15NO.C12H19NO/c1-3-16-15(9-10-17-16)11-13(2)18-12-14-7-5-4-6-8-14;1-3-13(2)10-12(14)9-11-7-5-4-6-8-11/h1,4-11,17H,12H2,2H3;4-8,12,14H,3,9-10H2,1-2H3/b13-11+;. The summed E-state index contributed by atoms with van der Waals surface area (Å²) in [5.74, 6) is 3.44. The maximum Gasteiger partial charge on any atom is 0.113 e. The van der Waals surface area contributed by atoms with Crippen molar-refractivity contribution in [2.24, 2.45) is 0 Å². The van der Waals surface area contributed by atoms with Gasteiger partial charge in [-0.25, -0.2) is 0 Å². The van der Waals surface area contributed by atoms with Gasteiger partial charge in [0, 0.05) is 18.3 Å². The van der Waals surface area contributed by atoms with Crippen molar-refractivity contribution in [1.82, 2.24) is 9.88 Å². The molecule has 32 heavy (non-hydrogen) atoms. The van der Waals surface area contributed by atoms with Crippen LogP contribution in [0.2, 0.25) is 0 Å². The number of allylic oxidation sites excluding steroid dienone is 1. The number of likely N-dealkylation sites (N-methyl/N-ethyl adjacent to an activating group) is 1. The molecule has 0 aliphatic heterocycles. The highest BCUT2D eigenvalue weighted by atomic mass is 16.5. The van der Waals surface area contributed by atoms with Crippen molar-refractivity contribution < 1.29 is 9.84 Å². The van der Waals surface area contributed by atoms with E-state index in [2.05, 4.69) is 34.9 Å². The molecule has 2 aromatic carbocycles. The van der Waals surface area contributed by atoms with E-state index in [1.54, 1.807) is 0 Å². The van der Waals surface area contributed by atoms with Crippen LogP contribution < -0.4 is 0 Å². The molecule has 1 unspecified atom stereocenters. The molecule has 0 saturated heterocycles. The summed E-state index contributed by atoms with van der Waals surface area (Å²) in [7, 11) is 2.02. The minimum absolute atomic E-state index is 0.262. The predicted octanol–water partition coefficient (Wildman–Crippen LogP) is 5.12. The van der Waals surface area contributed by atoms with Crippen molar-refractivity contribution in [3.8, 4) is 12.3 Å². The van der Waals surface area contributed by atoms with Gasteiger partial charge in [0.25, 0.3) is 0 Å². The van der Waals surface area contributed by atoms with Gasteiger partial charge in [0.2, 0.25) is 0 Å². The van der Waals surface area contributed by atoms with E-state index in [9.17, 15) is 5.11 Å². The molecule has 4 heteroatoms. The molecule has 0 aliphatic rings. The number of aromatic amines is 1. The van der Waals surface area contributed by atoms with Crippen LogP contribution >= 0.6 is 0 Å². The SMILES string of the molecule is C#Cc1[nH]ccc1/C=C(\C)OCc1ccccc1.CCN(C)CC(O)Cc1ccccc1. The van der Waals surface area contributed by atoms with E-state index in [-0.39, 0.29) is 6.10 Å². The number of H-pyrrole nitrogens is 1. The van der Waals surface area contributed by atoms with E-state index in [0.29, 0.717) is 6.61 Å². The molecule has 0 aliphatic carbocycles. The monoisotopic (exact) mass is 430 g/mol. The van der Waals surface area contributed by atoms with Crippen LogP contribution in [0.25, 0.3) is 6.08 Å². The molecule has 4 nitrogen and oxygen atoms in total. The number of hydrogen-bond donors (Lipinski definition) is 2. The Hall–Kier alpha value is -3.26. The van der Waals surface area contributed by atoms with Crippen LogP contribution in [-0.4, -0.2) is 41.2 Å². The van der Waals surface area contributed by atoms with Crippen molar-refractivity contribution in [1.29, 1.82) is 0 Å². The lowest BCUT2D eigenvalue weighted by Crippen LogP contribution is -2.30. The van der Waals surface area contributed by atoms with E-state index in [4.69, 9.17) is 11.2 Å². The van der Waals surface area contributed by atoms with Gasteiger partial charge in [-0.2, -0.15) is 0 Å². The number of nitrogens with one attached hydrogen (secondary N) is 1. The number of rotatable bonds is 9. The van der Waals surface area contributed by atoms with Gasteiger partial charge in [-0.05, 0) is 50.2 Å². The van der Waals surface area contributed by atoms with E-state index < -0.39 is 0 Å². The van der Waals surface area contributed by atoms with Crippen LogP contribution in [0.15, 0.2) is 78.7 Å². The lowest BCUT2D eigenvalue weighted by molar-refractivity contribution is 0.128. The molecule has 168 valence electrons. The summed E-state index contributed by atoms with van der Waals surface area (Å²) in [4.78, 5) is 5.12. The molecular weight excluding hydrogens is 396 g/mol. The van der Waals surface area contributed by atoms with Crippen molar-refractivity contribution in [3.63, 3.8) is 0 Å². The summed E-state index contributed by atoms with van der Waals surface area (Å²) in [5, 5.41) is 9.76. The van der Waals surface area contributed by atoms with Crippen LogP contribution in [0.4, 0.5) is 0 Å². The molecule has 1 aromatic heterocycles. The minimum atomic E-state index is -0.262. The molecule has 1 heterocycles. The number of aromatic nitrogens is 1. The zero-order chi connectivity index (χ0) is 23.2. The second-order valence-electron chi connectivity index (χ2n) is 7.68. The molecule has 0 amide bonds. The molecule has 0 bridgehead atoms. The molecule has 0 fully saturated rings. The van der Waals surface area contributed by atoms with Crippen LogP contribution in [0.1, 0.15) is 36.2 Å². The van der Waals surface area contributed by atoms with Gasteiger partial charge in [0.15, 0.2) is 0 Å². The van der Waals surface area contributed by atoms with Gasteiger partial charge in [-0.15, -0.1) is 6.42 Å². The fourth-order valence-electron chi connectivity index (χ4n) is 3.10. The third-order valence-electron chi connectivity index (χ3n) is 4.97. The highest BCUT2D eigenvalue weighted by molar-refractivity contribution is 5.57. The first-order valence-electron chi connectivity index (χ1n) is 10.9. The maximum atomic E-state index is 9.76. The molecular formula is C28H34N2O2. The lowest BCUT2D eigenvalue weighted by atomic mass is 10.1. The fraction of sp³-hybridized carbons (Fsp3) is 0.286. The Kier molecular flexibility index (Phi) is 10.9. The van der Waals surface area contributed by atoms with E-state index >= 15 is 0 Å². The van der Waals surface area contributed by atoms with Crippen molar-refractivity contribution >= 4 is 6.08 Å². The zero-order valence-electron chi connectivity index (χ0n) is 19.3. The molecule has 3 aromatic rings. The summed E-state index contributed by atoms with van der Waals surface area (Å²) in [5.41, 5.74) is 4.10. The average Bonchev–Trinajstić information content (AvgIpc) is 3.26. The van der Waals surface area contributed by atoms with Gasteiger partial charge < -0.3 is 19.7 Å². The first-order chi connectivity index (χ1) is 15.5. The van der Waals surface area contributed by atoms with Crippen molar-refractivity contribution in [3.05, 3.63) is 101 Å². The average molecular weight is 431 g/mol. The van der Waals surface area contributed by atoms with Crippen LogP contribution in [0.3, 0.4) is 0 Å². The zero-order valence-corrected chi connectivity index (χ0v) is 19.3. The first kappa shape index (κ1) is 25.0. The van der Waals surface area contributed by atoms with E-state index in [1.165, 1.54) is 5.56 Å². The summed E-state index contributed by atoms with van der Waals surface area (Å²) in [6.07, 6.45) is 9.63.